The Hall–Kier alpha value is -2.69. The van der Waals surface area contributed by atoms with Gasteiger partial charge < -0.3 is 19.7 Å². The lowest BCUT2D eigenvalue weighted by Crippen LogP contribution is -2.43. The summed E-state index contributed by atoms with van der Waals surface area (Å²) >= 11 is 0. The smallest absolute Gasteiger partial charge is 0.317 e. The molecule has 2 rings (SSSR count). The summed E-state index contributed by atoms with van der Waals surface area (Å²) in [5.74, 6) is 1.40. The van der Waals surface area contributed by atoms with E-state index in [0.29, 0.717) is 24.6 Å². The van der Waals surface area contributed by atoms with Crippen molar-refractivity contribution in [2.45, 2.75) is 25.7 Å². The standard InChI is InChI=1S/C22H30N2O3/c1-22(2,18-9-7-6-8-10-18)16-23-21(25)24(3)14-13-17-11-12-19(26-4)20(15-17)27-5/h6-12,15H,13-14,16H2,1-5H3,(H,23,25). The van der Waals surface area contributed by atoms with Crippen molar-refractivity contribution in [2.24, 2.45) is 0 Å². The summed E-state index contributed by atoms with van der Waals surface area (Å²) in [5, 5.41) is 3.04. The minimum Gasteiger partial charge on any atom is -0.493 e. The van der Waals surface area contributed by atoms with Gasteiger partial charge in [0.2, 0.25) is 0 Å². The molecule has 0 saturated heterocycles. The lowest BCUT2D eigenvalue weighted by atomic mass is 9.85. The molecule has 0 aliphatic carbocycles. The van der Waals surface area contributed by atoms with Gasteiger partial charge in [-0.3, -0.25) is 0 Å². The zero-order valence-corrected chi connectivity index (χ0v) is 16.9. The van der Waals surface area contributed by atoms with Crippen LogP contribution >= 0.6 is 0 Å². The second kappa shape index (κ2) is 9.31. The molecule has 1 N–H and O–H groups in total. The van der Waals surface area contributed by atoms with Gasteiger partial charge in [0.05, 0.1) is 14.2 Å². The number of likely N-dealkylation sites (N-methyl/N-ethyl adjacent to an activating group) is 1. The SMILES string of the molecule is COc1ccc(CCN(C)C(=O)NCC(C)(C)c2ccccc2)cc1OC. The van der Waals surface area contributed by atoms with E-state index < -0.39 is 0 Å². The molecule has 27 heavy (non-hydrogen) atoms. The molecule has 0 atom stereocenters. The summed E-state index contributed by atoms with van der Waals surface area (Å²) in [4.78, 5) is 14.1. The first-order valence-electron chi connectivity index (χ1n) is 9.13. The summed E-state index contributed by atoms with van der Waals surface area (Å²) in [5.41, 5.74) is 2.18. The van der Waals surface area contributed by atoms with Crippen LogP contribution in [0, 0.1) is 0 Å². The molecule has 5 nitrogen and oxygen atoms in total. The first-order valence-corrected chi connectivity index (χ1v) is 9.13. The molecule has 0 heterocycles. The van der Waals surface area contributed by atoms with E-state index in [1.807, 2.05) is 43.4 Å². The van der Waals surface area contributed by atoms with Crippen molar-refractivity contribution in [2.75, 3.05) is 34.4 Å². The van der Waals surface area contributed by atoms with Crippen molar-refractivity contribution in [3.8, 4) is 11.5 Å². The zero-order valence-electron chi connectivity index (χ0n) is 16.9. The van der Waals surface area contributed by atoms with Crippen LogP contribution in [0.3, 0.4) is 0 Å². The van der Waals surface area contributed by atoms with E-state index >= 15 is 0 Å². The molecular formula is C22H30N2O3. The Morgan fingerprint density at radius 2 is 1.70 bits per heavy atom. The number of ether oxygens (including phenoxy) is 2. The van der Waals surface area contributed by atoms with Crippen LogP contribution in [-0.4, -0.2) is 45.3 Å². The topological polar surface area (TPSA) is 50.8 Å². The number of methoxy groups -OCH3 is 2. The quantitative estimate of drug-likeness (QED) is 0.767. The largest absolute Gasteiger partial charge is 0.493 e. The number of rotatable bonds is 8. The summed E-state index contributed by atoms with van der Waals surface area (Å²) in [6.07, 6.45) is 0.742. The van der Waals surface area contributed by atoms with Gasteiger partial charge in [-0.1, -0.05) is 50.2 Å². The normalized spacial score (nSPS) is 11.0. The minimum atomic E-state index is -0.124. The van der Waals surface area contributed by atoms with Crippen LogP contribution in [0.15, 0.2) is 48.5 Å². The molecule has 0 radical (unpaired) electrons. The molecule has 5 heteroatoms. The third-order valence-corrected chi connectivity index (χ3v) is 4.77. The molecule has 146 valence electrons. The number of nitrogens with zero attached hydrogens (tertiary/aromatic N) is 1. The average Bonchev–Trinajstić information content (AvgIpc) is 2.70. The second-order valence-corrected chi connectivity index (χ2v) is 7.27. The molecule has 0 aromatic heterocycles. The number of amides is 2. The predicted molar refractivity (Wildman–Crippen MR) is 109 cm³/mol. The Kier molecular flexibility index (Phi) is 7.11. The van der Waals surface area contributed by atoms with Crippen LogP contribution in [0.2, 0.25) is 0 Å². The van der Waals surface area contributed by atoms with Gasteiger partial charge in [-0.15, -0.1) is 0 Å². The Labute approximate surface area is 162 Å². The number of nitrogens with one attached hydrogen (secondary N) is 1. The molecule has 2 aromatic carbocycles. The highest BCUT2D eigenvalue weighted by molar-refractivity contribution is 5.74. The Morgan fingerprint density at radius 3 is 2.33 bits per heavy atom. The summed E-state index contributed by atoms with van der Waals surface area (Å²) < 4.78 is 10.6. The van der Waals surface area contributed by atoms with Crippen molar-refractivity contribution in [3.05, 3.63) is 59.7 Å². The van der Waals surface area contributed by atoms with E-state index in [2.05, 4.69) is 31.3 Å². The summed E-state index contributed by atoms with van der Waals surface area (Å²) in [6.45, 7) is 5.46. The summed E-state index contributed by atoms with van der Waals surface area (Å²) in [6, 6.07) is 16.0. The third kappa shape index (κ3) is 5.64. The van der Waals surface area contributed by atoms with Crippen LogP contribution in [0.25, 0.3) is 0 Å². The third-order valence-electron chi connectivity index (χ3n) is 4.77. The average molecular weight is 370 g/mol. The number of hydrogen-bond acceptors (Lipinski definition) is 3. The molecule has 0 bridgehead atoms. The monoisotopic (exact) mass is 370 g/mol. The highest BCUT2D eigenvalue weighted by atomic mass is 16.5. The van der Waals surface area contributed by atoms with Gasteiger partial charge in [-0.25, -0.2) is 4.79 Å². The molecule has 0 spiro atoms. The van der Waals surface area contributed by atoms with E-state index in [9.17, 15) is 4.79 Å². The first-order chi connectivity index (χ1) is 12.9. The molecule has 2 amide bonds. The van der Waals surface area contributed by atoms with Gasteiger partial charge >= 0.3 is 6.03 Å². The van der Waals surface area contributed by atoms with Crippen molar-refractivity contribution in [1.82, 2.24) is 10.2 Å². The van der Waals surface area contributed by atoms with E-state index in [1.54, 1.807) is 19.1 Å². The van der Waals surface area contributed by atoms with Crippen LogP contribution in [0.1, 0.15) is 25.0 Å². The lowest BCUT2D eigenvalue weighted by Gasteiger charge is -2.27. The maximum Gasteiger partial charge on any atom is 0.317 e. The molecule has 0 aliphatic heterocycles. The minimum absolute atomic E-state index is 0.0699. The summed E-state index contributed by atoms with van der Waals surface area (Å²) in [7, 11) is 5.05. The van der Waals surface area contributed by atoms with Crippen LogP contribution in [0.4, 0.5) is 4.79 Å². The molecule has 0 unspecified atom stereocenters. The number of carbonyl (C=O) groups is 1. The van der Waals surface area contributed by atoms with Gasteiger partial charge in [0.1, 0.15) is 0 Å². The molecule has 0 aliphatic rings. The van der Waals surface area contributed by atoms with Gasteiger partial charge in [0, 0.05) is 25.6 Å². The van der Waals surface area contributed by atoms with Crippen molar-refractivity contribution >= 4 is 6.03 Å². The van der Waals surface area contributed by atoms with Crippen molar-refractivity contribution < 1.29 is 14.3 Å². The Morgan fingerprint density at radius 1 is 1.04 bits per heavy atom. The van der Waals surface area contributed by atoms with Gasteiger partial charge in [-0.2, -0.15) is 0 Å². The molecule has 2 aromatic rings. The fourth-order valence-corrected chi connectivity index (χ4v) is 2.86. The highest BCUT2D eigenvalue weighted by Crippen LogP contribution is 2.27. The van der Waals surface area contributed by atoms with E-state index in [-0.39, 0.29) is 11.4 Å². The molecular weight excluding hydrogens is 340 g/mol. The van der Waals surface area contributed by atoms with Crippen molar-refractivity contribution in [3.63, 3.8) is 0 Å². The maximum atomic E-state index is 12.4. The Balaban J connectivity index is 1.87. The predicted octanol–water partition coefficient (Wildman–Crippen LogP) is 3.87. The maximum absolute atomic E-state index is 12.4. The van der Waals surface area contributed by atoms with E-state index in [4.69, 9.17) is 9.47 Å². The van der Waals surface area contributed by atoms with E-state index in [1.165, 1.54) is 5.56 Å². The lowest BCUT2D eigenvalue weighted by molar-refractivity contribution is 0.207. The Bertz CT molecular complexity index is 744. The van der Waals surface area contributed by atoms with Crippen LogP contribution < -0.4 is 14.8 Å². The van der Waals surface area contributed by atoms with Gasteiger partial charge in [-0.05, 0) is 29.7 Å². The number of carbonyl (C=O) groups excluding carboxylic acids is 1. The van der Waals surface area contributed by atoms with E-state index in [0.717, 1.165) is 12.0 Å². The molecule has 0 saturated carbocycles. The van der Waals surface area contributed by atoms with Crippen molar-refractivity contribution in [1.29, 1.82) is 0 Å². The fourth-order valence-electron chi connectivity index (χ4n) is 2.86. The zero-order chi connectivity index (χ0) is 19.9. The van der Waals surface area contributed by atoms with Gasteiger partial charge in [0.25, 0.3) is 0 Å². The van der Waals surface area contributed by atoms with Crippen LogP contribution in [-0.2, 0) is 11.8 Å². The second-order valence-electron chi connectivity index (χ2n) is 7.27. The first kappa shape index (κ1) is 20.6. The number of urea groups is 1. The molecule has 0 fully saturated rings. The number of hydrogen-bond donors (Lipinski definition) is 1. The highest BCUT2D eigenvalue weighted by Gasteiger charge is 2.22. The van der Waals surface area contributed by atoms with Crippen LogP contribution in [0.5, 0.6) is 11.5 Å². The number of benzene rings is 2. The fraction of sp³-hybridized carbons (Fsp3) is 0.409. The van der Waals surface area contributed by atoms with Gasteiger partial charge in [0.15, 0.2) is 11.5 Å².